The van der Waals surface area contributed by atoms with Gasteiger partial charge in [0.15, 0.2) is 5.69 Å². The van der Waals surface area contributed by atoms with Crippen molar-refractivity contribution >= 4 is 11.7 Å². The summed E-state index contributed by atoms with van der Waals surface area (Å²) in [5, 5.41) is 14.2. The Balaban J connectivity index is 1.90. The van der Waals surface area contributed by atoms with Crippen LogP contribution in [0.15, 0.2) is 42.5 Å². The number of carbonyl (C=O) groups is 1. The zero-order chi connectivity index (χ0) is 16.7. The fourth-order valence-electron chi connectivity index (χ4n) is 2.14. The van der Waals surface area contributed by atoms with Crippen LogP contribution in [-0.4, -0.2) is 22.6 Å². The second-order valence-electron chi connectivity index (χ2n) is 6.02. The van der Waals surface area contributed by atoms with Crippen molar-refractivity contribution in [1.82, 2.24) is 15.5 Å². The van der Waals surface area contributed by atoms with Gasteiger partial charge in [0.2, 0.25) is 0 Å². The third kappa shape index (κ3) is 5.36. The largest absolute Gasteiger partial charge is 0.362 e. The van der Waals surface area contributed by atoms with Gasteiger partial charge in [0.25, 0.3) is 5.91 Å². The second kappa shape index (κ2) is 8.27. The first-order chi connectivity index (χ1) is 11.1. The Morgan fingerprint density at radius 1 is 1.04 bits per heavy atom. The van der Waals surface area contributed by atoms with Crippen LogP contribution < -0.4 is 10.6 Å². The number of nitrogens with zero attached hydrogens (tertiary/aromatic N) is 2. The molecule has 122 valence electrons. The Morgan fingerprint density at radius 2 is 1.78 bits per heavy atom. The minimum Gasteiger partial charge on any atom is -0.362 e. The smallest absolute Gasteiger partial charge is 0.271 e. The number of hydrogen-bond acceptors (Lipinski definition) is 4. The molecule has 5 nitrogen and oxygen atoms in total. The molecule has 1 unspecified atom stereocenters. The van der Waals surface area contributed by atoms with E-state index in [0.29, 0.717) is 24.0 Å². The fourth-order valence-corrected chi connectivity index (χ4v) is 2.14. The van der Waals surface area contributed by atoms with Crippen molar-refractivity contribution in [3.63, 3.8) is 0 Å². The lowest BCUT2D eigenvalue weighted by molar-refractivity contribution is 0.0946. The average molecular weight is 312 g/mol. The summed E-state index contributed by atoms with van der Waals surface area (Å²) in [5.74, 6) is 1.04. The summed E-state index contributed by atoms with van der Waals surface area (Å²) in [5.41, 5.74) is 1.51. The zero-order valence-electron chi connectivity index (χ0n) is 13.9. The molecule has 2 rings (SSSR count). The lowest BCUT2D eigenvalue weighted by Gasteiger charge is -2.14. The molecule has 0 saturated carbocycles. The third-order valence-electron chi connectivity index (χ3n) is 3.57. The van der Waals surface area contributed by atoms with E-state index < -0.39 is 0 Å². The van der Waals surface area contributed by atoms with Gasteiger partial charge in [-0.3, -0.25) is 4.79 Å². The van der Waals surface area contributed by atoms with Crippen molar-refractivity contribution in [2.75, 3.05) is 11.9 Å². The molecule has 0 aliphatic rings. The van der Waals surface area contributed by atoms with E-state index in [1.54, 1.807) is 12.1 Å². The number of hydrogen-bond donors (Lipinski definition) is 2. The Hall–Kier alpha value is -2.43. The van der Waals surface area contributed by atoms with E-state index in [-0.39, 0.29) is 11.9 Å². The normalized spacial score (nSPS) is 12.0. The third-order valence-corrected chi connectivity index (χ3v) is 3.57. The second-order valence-corrected chi connectivity index (χ2v) is 6.02. The van der Waals surface area contributed by atoms with E-state index in [4.69, 9.17) is 0 Å². The van der Waals surface area contributed by atoms with Gasteiger partial charge in [-0.05, 0) is 37.0 Å². The van der Waals surface area contributed by atoms with Crippen LogP contribution in [0.3, 0.4) is 0 Å². The summed E-state index contributed by atoms with van der Waals surface area (Å²) >= 11 is 0. The van der Waals surface area contributed by atoms with Gasteiger partial charge in [-0.2, -0.15) is 0 Å². The van der Waals surface area contributed by atoms with Crippen molar-refractivity contribution in [1.29, 1.82) is 0 Å². The van der Waals surface area contributed by atoms with Crippen molar-refractivity contribution in [3.05, 3.63) is 53.7 Å². The highest BCUT2D eigenvalue weighted by atomic mass is 16.1. The maximum absolute atomic E-state index is 11.9. The van der Waals surface area contributed by atoms with Crippen molar-refractivity contribution in [2.24, 2.45) is 5.92 Å². The first-order valence-electron chi connectivity index (χ1n) is 7.99. The summed E-state index contributed by atoms with van der Waals surface area (Å²) in [6.45, 7) is 6.97. The summed E-state index contributed by atoms with van der Waals surface area (Å²) in [7, 11) is 0. The van der Waals surface area contributed by atoms with Crippen molar-refractivity contribution < 1.29 is 4.79 Å². The minimum absolute atomic E-state index is 0.121. The van der Waals surface area contributed by atoms with Gasteiger partial charge < -0.3 is 10.6 Å². The van der Waals surface area contributed by atoms with Gasteiger partial charge in [-0.15, -0.1) is 10.2 Å². The standard InChI is InChI=1S/C18H24N4O/c1-13(2)11-12-19-18(23)16-9-10-17(22-21-16)20-14(3)15-7-5-4-6-8-15/h4-10,13-14H,11-12H2,1-3H3,(H,19,23)(H,20,22). The number of aromatic nitrogens is 2. The van der Waals surface area contributed by atoms with Crippen LogP contribution in [-0.2, 0) is 0 Å². The molecule has 1 amide bonds. The predicted octanol–water partition coefficient (Wildman–Crippen LogP) is 3.43. The number of anilines is 1. The molecule has 0 fully saturated rings. The van der Waals surface area contributed by atoms with Crippen LogP contribution in [0.2, 0.25) is 0 Å². The van der Waals surface area contributed by atoms with E-state index in [1.165, 1.54) is 5.56 Å². The SMILES string of the molecule is CC(C)CCNC(=O)c1ccc(NC(C)c2ccccc2)nn1. The molecule has 2 N–H and O–H groups in total. The first-order valence-corrected chi connectivity index (χ1v) is 7.99. The predicted molar refractivity (Wildman–Crippen MR) is 92.3 cm³/mol. The Morgan fingerprint density at radius 3 is 2.39 bits per heavy atom. The number of amides is 1. The summed E-state index contributed by atoms with van der Waals surface area (Å²) in [6.07, 6.45) is 0.952. The Labute approximate surface area is 137 Å². The van der Waals surface area contributed by atoms with E-state index in [9.17, 15) is 4.79 Å². The maximum atomic E-state index is 11.9. The van der Waals surface area contributed by atoms with Crippen LogP contribution in [0.4, 0.5) is 5.82 Å². The van der Waals surface area contributed by atoms with Crippen molar-refractivity contribution in [2.45, 2.75) is 33.2 Å². The lowest BCUT2D eigenvalue weighted by atomic mass is 10.1. The molecular weight excluding hydrogens is 288 g/mol. The molecule has 0 radical (unpaired) electrons. The number of rotatable bonds is 7. The van der Waals surface area contributed by atoms with Gasteiger partial charge in [-0.1, -0.05) is 44.2 Å². The molecule has 1 atom stereocenters. The zero-order valence-corrected chi connectivity index (χ0v) is 13.9. The van der Waals surface area contributed by atoms with Gasteiger partial charge in [0.05, 0.1) is 0 Å². The summed E-state index contributed by atoms with van der Waals surface area (Å²) in [4.78, 5) is 11.9. The molecule has 23 heavy (non-hydrogen) atoms. The van der Waals surface area contributed by atoms with E-state index in [1.807, 2.05) is 18.2 Å². The molecule has 0 spiro atoms. The number of nitrogens with one attached hydrogen (secondary N) is 2. The Bertz CT molecular complexity index is 611. The van der Waals surface area contributed by atoms with Crippen molar-refractivity contribution in [3.8, 4) is 0 Å². The van der Waals surface area contributed by atoms with Crippen LogP contribution in [0.5, 0.6) is 0 Å². The molecule has 1 heterocycles. The van der Waals surface area contributed by atoms with Crippen LogP contribution in [0.1, 0.15) is 49.3 Å². The van der Waals surface area contributed by atoms with Gasteiger partial charge in [0.1, 0.15) is 5.82 Å². The molecule has 2 aromatic rings. The van der Waals surface area contributed by atoms with Crippen LogP contribution in [0, 0.1) is 5.92 Å². The average Bonchev–Trinajstić information content (AvgIpc) is 2.56. The molecule has 0 aliphatic heterocycles. The van der Waals surface area contributed by atoms with Gasteiger partial charge in [-0.25, -0.2) is 0 Å². The number of carbonyl (C=O) groups excluding carboxylic acids is 1. The first kappa shape index (κ1) is 16.9. The highest BCUT2D eigenvalue weighted by Crippen LogP contribution is 2.16. The van der Waals surface area contributed by atoms with E-state index in [0.717, 1.165) is 6.42 Å². The lowest BCUT2D eigenvalue weighted by Crippen LogP contribution is -2.26. The summed E-state index contributed by atoms with van der Waals surface area (Å²) in [6, 6.07) is 13.7. The molecule has 0 bridgehead atoms. The topological polar surface area (TPSA) is 66.9 Å². The number of benzene rings is 1. The molecule has 0 saturated heterocycles. The highest BCUT2D eigenvalue weighted by Gasteiger charge is 2.10. The monoisotopic (exact) mass is 312 g/mol. The van der Waals surface area contributed by atoms with Gasteiger partial charge in [0, 0.05) is 12.6 Å². The van der Waals surface area contributed by atoms with E-state index >= 15 is 0 Å². The molecular formula is C18H24N4O. The van der Waals surface area contributed by atoms with Crippen LogP contribution in [0.25, 0.3) is 0 Å². The molecule has 1 aromatic carbocycles. The summed E-state index contributed by atoms with van der Waals surface area (Å²) < 4.78 is 0. The van der Waals surface area contributed by atoms with Crippen LogP contribution >= 0.6 is 0 Å². The molecule has 1 aromatic heterocycles. The highest BCUT2D eigenvalue weighted by molar-refractivity contribution is 5.92. The molecule has 0 aliphatic carbocycles. The molecule has 5 heteroatoms. The van der Waals surface area contributed by atoms with Gasteiger partial charge >= 0.3 is 0 Å². The Kier molecular flexibility index (Phi) is 6.09. The van der Waals surface area contributed by atoms with E-state index in [2.05, 4.69) is 53.7 Å². The minimum atomic E-state index is -0.180. The quantitative estimate of drug-likeness (QED) is 0.822. The maximum Gasteiger partial charge on any atom is 0.271 e. The fraction of sp³-hybridized carbons (Fsp3) is 0.389.